The fourth-order valence-corrected chi connectivity index (χ4v) is 2.88. The van der Waals surface area contributed by atoms with E-state index in [9.17, 15) is 9.59 Å². The molecule has 0 aliphatic carbocycles. The van der Waals surface area contributed by atoms with Crippen molar-refractivity contribution in [2.45, 2.75) is 30.7 Å². The molecule has 0 spiro atoms. The maximum atomic E-state index is 12.4. The average Bonchev–Trinajstić information content (AvgIpc) is 2.52. The number of amides is 1. The van der Waals surface area contributed by atoms with Crippen molar-refractivity contribution in [3.63, 3.8) is 0 Å². The van der Waals surface area contributed by atoms with Crippen molar-refractivity contribution in [1.82, 2.24) is 9.97 Å². The lowest BCUT2D eigenvalue weighted by Gasteiger charge is -2.14. The maximum Gasteiger partial charge on any atom is 0.237 e. The Morgan fingerprint density at radius 1 is 1.17 bits per heavy atom. The summed E-state index contributed by atoms with van der Waals surface area (Å²) >= 11 is 1.20. The molecular weight excluding hydrogens is 326 g/mol. The summed E-state index contributed by atoms with van der Waals surface area (Å²) in [6, 6.07) is 8.20. The second-order valence-corrected chi connectivity index (χ2v) is 6.31. The third kappa shape index (κ3) is 4.69. The SMILES string of the molecule is CCC(Sc1nc(N)cc(N)n1)C(=O)Nc1ccc(C(C)=O)cc1. The first-order chi connectivity index (χ1) is 11.4. The standard InChI is InChI=1S/C16H19N5O2S/c1-3-12(24-16-20-13(17)8-14(18)21-16)15(23)19-11-6-4-10(5-7-11)9(2)22/h4-8,12H,3H2,1-2H3,(H,19,23)(H4,17,18,20,21). The average molecular weight is 345 g/mol. The number of hydrogen-bond acceptors (Lipinski definition) is 7. The summed E-state index contributed by atoms with van der Waals surface area (Å²) in [6.45, 7) is 3.39. The van der Waals surface area contributed by atoms with Gasteiger partial charge in [0.25, 0.3) is 0 Å². The third-order valence-corrected chi connectivity index (χ3v) is 4.44. The quantitative estimate of drug-likeness (QED) is 0.417. The number of anilines is 3. The van der Waals surface area contributed by atoms with Gasteiger partial charge in [-0.25, -0.2) is 9.97 Å². The maximum absolute atomic E-state index is 12.4. The number of rotatable bonds is 6. The van der Waals surface area contributed by atoms with Crippen LogP contribution in [0.1, 0.15) is 30.6 Å². The van der Waals surface area contributed by atoms with Gasteiger partial charge in [0.2, 0.25) is 5.91 Å². The lowest BCUT2D eigenvalue weighted by molar-refractivity contribution is -0.115. The Kier molecular flexibility index (Phi) is 5.75. The van der Waals surface area contributed by atoms with Gasteiger partial charge in [0.05, 0.1) is 5.25 Å². The molecule has 1 heterocycles. The van der Waals surface area contributed by atoms with E-state index in [1.807, 2.05) is 6.92 Å². The molecule has 1 aromatic heterocycles. The van der Waals surface area contributed by atoms with Gasteiger partial charge in [-0.15, -0.1) is 0 Å². The molecule has 0 saturated carbocycles. The highest BCUT2D eigenvalue weighted by atomic mass is 32.2. The molecule has 2 aromatic rings. The number of aromatic nitrogens is 2. The summed E-state index contributed by atoms with van der Waals surface area (Å²) in [5.74, 6) is 0.328. The molecule has 1 amide bonds. The minimum Gasteiger partial charge on any atom is -0.383 e. The summed E-state index contributed by atoms with van der Waals surface area (Å²) in [5.41, 5.74) is 12.5. The van der Waals surface area contributed by atoms with Crippen LogP contribution in [0.4, 0.5) is 17.3 Å². The lowest BCUT2D eigenvalue weighted by Crippen LogP contribution is -2.25. The summed E-state index contributed by atoms with van der Waals surface area (Å²) in [6.07, 6.45) is 0.583. The first-order valence-corrected chi connectivity index (χ1v) is 8.25. The molecule has 0 aliphatic rings. The van der Waals surface area contributed by atoms with Crippen LogP contribution in [-0.4, -0.2) is 26.9 Å². The van der Waals surface area contributed by atoms with E-state index in [1.54, 1.807) is 24.3 Å². The van der Waals surface area contributed by atoms with Gasteiger partial charge < -0.3 is 16.8 Å². The van der Waals surface area contributed by atoms with Gasteiger partial charge in [0.1, 0.15) is 11.6 Å². The van der Waals surface area contributed by atoms with Crippen LogP contribution in [-0.2, 0) is 4.79 Å². The highest BCUT2D eigenvalue weighted by Gasteiger charge is 2.20. The van der Waals surface area contributed by atoms with Crippen LogP contribution in [0, 0.1) is 0 Å². The first-order valence-electron chi connectivity index (χ1n) is 7.37. The predicted molar refractivity (Wildman–Crippen MR) is 95.9 cm³/mol. The largest absolute Gasteiger partial charge is 0.383 e. The van der Waals surface area contributed by atoms with E-state index in [0.29, 0.717) is 22.8 Å². The molecule has 0 bridgehead atoms. The number of hydrogen-bond donors (Lipinski definition) is 3. The zero-order valence-corrected chi connectivity index (χ0v) is 14.3. The van der Waals surface area contributed by atoms with E-state index in [2.05, 4.69) is 15.3 Å². The molecular formula is C16H19N5O2S. The topological polar surface area (TPSA) is 124 Å². The van der Waals surface area contributed by atoms with Gasteiger partial charge in [0, 0.05) is 17.3 Å². The molecule has 2 rings (SSSR count). The number of carbonyl (C=O) groups excluding carboxylic acids is 2. The second kappa shape index (κ2) is 7.78. The predicted octanol–water partition coefficient (Wildman–Crippen LogP) is 2.35. The fraction of sp³-hybridized carbons (Fsp3) is 0.250. The fourth-order valence-electron chi connectivity index (χ4n) is 1.98. The summed E-state index contributed by atoms with van der Waals surface area (Å²) in [7, 11) is 0. The molecule has 126 valence electrons. The number of carbonyl (C=O) groups is 2. The van der Waals surface area contributed by atoms with E-state index in [1.165, 1.54) is 24.8 Å². The Morgan fingerprint density at radius 3 is 2.25 bits per heavy atom. The number of benzene rings is 1. The van der Waals surface area contributed by atoms with Gasteiger partial charge >= 0.3 is 0 Å². The molecule has 0 fully saturated rings. The van der Waals surface area contributed by atoms with Crippen LogP contribution in [0.3, 0.4) is 0 Å². The zero-order chi connectivity index (χ0) is 17.7. The Bertz CT molecular complexity index is 728. The third-order valence-electron chi connectivity index (χ3n) is 3.22. The molecule has 8 heteroatoms. The smallest absolute Gasteiger partial charge is 0.237 e. The van der Waals surface area contributed by atoms with E-state index in [4.69, 9.17) is 11.5 Å². The Labute approximate surface area is 144 Å². The van der Waals surface area contributed by atoms with Gasteiger partial charge in [-0.05, 0) is 37.6 Å². The Hall–Kier alpha value is -2.61. The van der Waals surface area contributed by atoms with Crippen molar-refractivity contribution < 1.29 is 9.59 Å². The Morgan fingerprint density at radius 2 is 1.75 bits per heavy atom. The van der Waals surface area contributed by atoms with Crippen LogP contribution in [0.25, 0.3) is 0 Å². The van der Waals surface area contributed by atoms with E-state index >= 15 is 0 Å². The van der Waals surface area contributed by atoms with E-state index < -0.39 is 5.25 Å². The molecule has 0 saturated heterocycles. The van der Waals surface area contributed by atoms with Crippen molar-refractivity contribution in [2.75, 3.05) is 16.8 Å². The number of nitrogens with two attached hydrogens (primary N) is 2. The Balaban J connectivity index is 2.06. The van der Waals surface area contributed by atoms with Gasteiger partial charge in [-0.1, -0.05) is 18.7 Å². The van der Waals surface area contributed by atoms with Crippen LogP contribution in [0.5, 0.6) is 0 Å². The molecule has 5 N–H and O–H groups in total. The normalized spacial score (nSPS) is 11.8. The van der Waals surface area contributed by atoms with Gasteiger partial charge in [-0.3, -0.25) is 9.59 Å². The molecule has 7 nitrogen and oxygen atoms in total. The molecule has 1 unspecified atom stereocenters. The van der Waals surface area contributed by atoms with Crippen LogP contribution in [0.15, 0.2) is 35.5 Å². The van der Waals surface area contributed by atoms with Crippen LogP contribution >= 0.6 is 11.8 Å². The monoisotopic (exact) mass is 345 g/mol. The van der Waals surface area contributed by atoms with Crippen molar-refractivity contribution in [3.8, 4) is 0 Å². The highest BCUT2D eigenvalue weighted by Crippen LogP contribution is 2.25. The number of Topliss-reactive ketones (excluding diaryl/α,β-unsaturated/α-hetero) is 1. The van der Waals surface area contributed by atoms with E-state index in [-0.39, 0.29) is 23.3 Å². The number of ketones is 1. The van der Waals surface area contributed by atoms with Crippen molar-refractivity contribution in [1.29, 1.82) is 0 Å². The second-order valence-electron chi connectivity index (χ2n) is 5.14. The minimum absolute atomic E-state index is 0.0220. The molecule has 1 atom stereocenters. The number of thioether (sulfide) groups is 1. The number of nitrogen functional groups attached to an aromatic ring is 2. The van der Waals surface area contributed by atoms with Crippen LogP contribution < -0.4 is 16.8 Å². The van der Waals surface area contributed by atoms with Crippen molar-refractivity contribution in [3.05, 3.63) is 35.9 Å². The highest BCUT2D eigenvalue weighted by molar-refractivity contribution is 8.00. The summed E-state index contributed by atoms with van der Waals surface area (Å²) in [4.78, 5) is 31.8. The first kappa shape index (κ1) is 17.7. The minimum atomic E-state index is -0.390. The number of nitrogens with zero attached hydrogens (tertiary/aromatic N) is 2. The van der Waals surface area contributed by atoms with Crippen LogP contribution in [0.2, 0.25) is 0 Å². The lowest BCUT2D eigenvalue weighted by atomic mass is 10.1. The molecule has 0 aliphatic heterocycles. The summed E-state index contributed by atoms with van der Waals surface area (Å²) in [5, 5.41) is 2.79. The van der Waals surface area contributed by atoms with Crippen molar-refractivity contribution >= 4 is 40.8 Å². The molecule has 0 radical (unpaired) electrons. The van der Waals surface area contributed by atoms with E-state index in [0.717, 1.165) is 0 Å². The zero-order valence-electron chi connectivity index (χ0n) is 13.4. The molecule has 1 aromatic carbocycles. The summed E-state index contributed by atoms with van der Waals surface area (Å²) < 4.78 is 0. The van der Waals surface area contributed by atoms with Crippen molar-refractivity contribution in [2.24, 2.45) is 0 Å². The van der Waals surface area contributed by atoms with Gasteiger partial charge in [0.15, 0.2) is 10.9 Å². The number of nitrogens with one attached hydrogen (secondary N) is 1. The van der Waals surface area contributed by atoms with Gasteiger partial charge in [-0.2, -0.15) is 0 Å². The molecule has 24 heavy (non-hydrogen) atoms.